The second-order valence-electron chi connectivity index (χ2n) is 4.23. The summed E-state index contributed by atoms with van der Waals surface area (Å²) < 4.78 is 5.11. The Bertz CT molecular complexity index is 626. The molecule has 20 heavy (non-hydrogen) atoms. The summed E-state index contributed by atoms with van der Waals surface area (Å²) in [6.07, 6.45) is 0. The average Bonchev–Trinajstić information content (AvgIpc) is 2.46. The monoisotopic (exact) mass is 291 g/mol. The molecule has 0 spiro atoms. The van der Waals surface area contributed by atoms with Crippen molar-refractivity contribution in [3.05, 3.63) is 53.1 Å². The van der Waals surface area contributed by atoms with Crippen LogP contribution in [-0.4, -0.2) is 25.2 Å². The number of halogens is 1. The molecule has 0 aliphatic carbocycles. The number of carbonyl (C=O) groups is 1. The minimum absolute atomic E-state index is 0.0959. The summed E-state index contributed by atoms with van der Waals surface area (Å²) in [7, 11) is 3.50. The van der Waals surface area contributed by atoms with E-state index in [2.05, 4.69) is 0 Å². The zero-order chi connectivity index (χ0) is 14.7. The van der Waals surface area contributed by atoms with Crippen LogP contribution in [0.2, 0.25) is 5.02 Å². The van der Waals surface area contributed by atoms with Gasteiger partial charge in [-0.15, -0.1) is 0 Å². The van der Waals surface area contributed by atoms with E-state index in [4.69, 9.17) is 21.4 Å². The minimum Gasteiger partial charge on any atom is -0.497 e. The van der Waals surface area contributed by atoms with Crippen LogP contribution in [0.4, 0.5) is 11.4 Å². The maximum absolute atomic E-state index is 10.9. The van der Waals surface area contributed by atoms with Gasteiger partial charge in [-0.25, -0.2) is 4.79 Å². The highest BCUT2D eigenvalue weighted by atomic mass is 35.5. The van der Waals surface area contributed by atoms with Crippen molar-refractivity contribution in [1.29, 1.82) is 0 Å². The van der Waals surface area contributed by atoms with Crippen molar-refractivity contribution in [1.82, 2.24) is 0 Å². The van der Waals surface area contributed by atoms with Gasteiger partial charge < -0.3 is 14.7 Å². The lowest BCUT2D eigenvalue weighted by Crippen LogP contribution is -2.10. The first-order valence-corrected chi connectivity index (χ1v) is 6.31. The smallest absolute Gasteiger partial charge is 0.337 e. The maximum Gasteiger partial charge on any atom is 0.337 e. The lowest BCUT2D eigenvalue weighted by Gasteiger charge is -2.20. The van der Waals surface area contributed by atoms with E-state index < -0.39 is 5.97 Å². The van der Waals surface area contributed by atoms with Crippen LogP contribution in [0.3, 0.4) is 0 Å². The second-order valence-corrected chi connectivity index (χ2v) is 4.63. The topological polar surface area (TPSA) is 49.8 Å². The molecule has 4 nitrogen and oxygen atoms in total. The Balaban J connectivity index is 2.30. The lowest BCUT2D eigenvalue weighted by molar-refractivity contribution is 0.0697. The van der Waals surface area contributed by atoms with Crippen LogP contribution in [0.25, 0.3) is 0 Å². The zero-order valence-electron chi connectivity index (χ0n) is 11.1. The standard InChI is InChI=1S/C15H14ClNO3/c1-17(10-3-6-12(20-2)7-4-10)11-5-8-13(15(18)19)14(16)9-11/h3-9H,1-2H3,(H,18,19). The molecule has 2 aromatic rings. The molecule has 0 bridgehead atoms. The third-order valence-electron chi connectivity index (χ3n) is 3.03. The van der Waals surface area contributed by atoms with Crippen molar-refractivity contribution < 1.29 is 14.6 Å². The van der Waals surface area contributed by atoms with E-state index in [0.29, 0.717) is 0 Å². The highest BCUT2D eigenvalue weighted by molar-refractivity contribution is 6.33. The summed E-state index contributed by atoms with van der Waals surface area (Å²) in [6.45, 7) is 0. The highest BCUT2D eigenvalue weighted by Crippen LogP contribution is 2.29. The number of nitrogens with zero attached hydrogens (tertiary/aromatic N) is 1. The number of ether oxygens (including phenoxy) is 1. The van der Waals surface area contributed by atoms with E-state index in [0.717, 1.165) is 17.1 Å². The van der Waals surface area contributed by atoms with Crippen molar-refractivity contribution in [2.24, 2.45) is 0 Å². The van der Waals surface area contributed by atoms with E-state index >= 15 is 0 Å². The maximum atomic E-state index is 10.9. The van der Waals surface area contributed by atoms with Gasteiger partial charge >= 0.3 is 5.97 Å². The van der Waals surface area contributed by atoms with Gasteiger partial charge in [0.25, 0.3) is 0 Å². The van der Waals surface area contributed by atoms with Crippen molar-refractivity contribution in [3.63, 3.8) is 0 Å². The van der Waals surface area contributed by atoms with Crippen LogP contribution < -0.4 is 9.64 Å². The molecule has 0 atom stereocenters. The van der Waals surface area contributed by atoms with Gasteiger partial charge in [-0.05, 0) is 42.5 Å². The third-order valence-corrected chi connectivity index (χ3v) is 3.34. The average molecular weight is 292 g/mol. The number of hydrogen-bond acceptors (Lipinski definition) is 3. The van der Waals surface area contributed by atoms with Gasteiger partial charge in [-0.1, -0.05) is 11.6 Å². The van der Waals surface area contributed by atoms with Gasteiger partial charge in [0.05, 0.1) is 17.7 Å². The SMILES string of the molecule is COc1ccc(N(C)c2ccc(C(=O)O)c(Cl)c2)cc1. The second kappa shape index (κ2) is 5.84. The Hall–Kier alpha value is -2.20. The largest absolute Gasteiger partial charge is 0.497 e. The van der Waals surface area contributed by atoms with E-state index in [-0.39, 0.29) is 10.6 Å². The summed E-state index contributed by atoms with van der Waals surface area (Å²) >= 11 is 5.98. The van der Waals surface area contributed by atoms with Crippen molar-refractivity contribution in [3.8, 4) is 5.75 Å². The Labute approximate surface area is 122 Å². The van der Waals surface area contributed by atoms with Gasteiger partial charge in [0.15, 0.2) is 0 Å². The molecule has 0 heterocycles. The normalized spacial score (nSPS) is 10.2. The number of carboxylic acids is 1. The molecule has 0 fully saturated rings. The fraction of sp³-hybridized carbons (Fsp3) is 0.133. The first-order chi connectivity index (χ1) is 9.52. The van der Waals surface area contributed by atoms with Crippen molar-refractivity contribution in [2.45, 2.75) is 0 Å². The summed E-state index contributed by atoms with van der Waals surface area (Å²) in [5.41, 5.74) is 1.86. The van der Waals surface area contributed by atoms with Crippen molar-refractivity contribution in [2.75, 3.05) is 19.1 Å². The molecular weight excluding hydrogens is 278 g/mol. The Kier molecular flexibility index (Phi) is 4.15. The fourth-order valence-electron chi connectivity index (χ4n) is 1.84. The molecule has 0 radical (unpaired) electrons. The number of rotatable bonds is 4. The summed E-state index contributed by atoms with van der Waals surface area (Å²) in [4.78, 5) is 12.8. The van der Waals surface area contributed by atoms with Gasteiger partial charge in [-0.3, -0.25) is 0 Å². The number of benzene rings is 2. The van der Waals surface area contributed by atoms with Crippen LogP contribution in [0.5, 0.6) is 5.75 Å². The molecule has 0 unspecified atom stereocenters. The van der Waals surface area contributed by atoms with Crippen LogP contribution in [0.15, 0.2) is 42.5 Å². The first-order valence-electron chi connectivity index (χ1n) is 5.93. The summed E-state index contributed by atoms with van der Waals surface area (Å²) in [5.74, 6) is -0.255. The highest BCUT2D eigenvalue weighted by Gasteiger charge is 2.11. The van der Waals surface area contributed by atoms with Crippen LogP contribution in [0.1, 0.15) is 10.4 Å². The number of aromatic carboxylic acids is 1. The van der Waals surface area contributed by atoms with Crippen LogP contribution in [-0.2, 0) is 0 Å². The molecule has 0 saturated heterocycles. The van der Waals surface area contributed by atoms with E-state index in [1.165, 1.54) is 6.07 Å². The molecule has 2 rings (SSSR count). The molecule has 0 aliphatic rings. The molecule has 0 amide bonds. The van der Waals surface area contributed by atoms with E-state index in [9.17, 15) is 4.79 Å². The van der Waals surface area contributed by atoms with Gasteiger partial charge in [0.2, 0.25) is 0 Å². The zero-order valence-corrected chi connectivity index (χ0v) is 11.9. The van der Waals surface area contributed by atoms with Crippen LogP contribution >= 0.6 is 11.6 Å². The molecule has 1 N–H and O–H groups in total. The molecule has 5 heteroatoms. The quantitative estimate of drug-likeness (QED) is 0.930. The Morgan fingerprint density at radius 2 is 1.75 bits per heavy atom. The Morgan fingerprint density at radius 1 is 1.15 bits per heavy atom. The predicted molar refractivity (Wildman–Crippen MR) is 79.5 cm³/mol. The molecule has 0 aliphatic heterocycles. The number of anilines is 2. The molecule has 104 valence electrons. The van der Waals surface area contributed by atoms with Crippen molar-refractivity contribution >= 4 is 28.9 Å². The van der Waals surface area contributed by atoms with E-state index in [1.807, 2.05) is 36.2 Å². The minimum atomic E-state index is -1.03. The van der Waals surface area contributed by atoms with Gasteiger partial charge in [-0.2, -0.15) is 0 Å². The molecule has 0 saturated carbocycles. The summed E-state index contributed by atoms with van der Waals surface area (Å²) in [5, 5.41) is 9.18. The third kappa shape index (κ3) is 2.86. The molecule has 0 aromatic heterocycles. The molecule has 2 aromatic carbocycles. The first kappa shape index (κ1) is 14.2. The van der Waals surface area contributed by atoms with E-state index in [1.54, 1.807) is 19.2 Å². The van der Waals surface area contributed by atoms with Gasteiger partial charge in [0, 0.05) is 18.4 Å². The lowest BCUT2D eigenvalue weighted by atomic mass is 10.2. The number of methoxy groups -OCH3 is 1. The van der Waals surface area contributed by atoms with Gasteiger partial charge in [0.1, 0.15) is 5.75 Å². The fourth-order valence-corrected chi connectivity index (χ4v) is 2.10. The Morgan fingerprint density at radius 3 is 2.25 bits per heavy atom. The van der Waals surface area contributed by atoms with Crippen LogP contribution in [0, 0.1) is 0 Å². The predicted octanol–water partition coefficient (Wildman–Crippen LogP) is 3.81. The number of carboxylic acid groups (broad SMARTS) is 1. The summed E-state index contributed by atoms with van der Waals surface area (Å²) in [6, 6.07) is 12.4. The number of hydrogen-bond donors (Lipinski definition) is 1. The molecular formula is C15H14ClNO3.